The van der Waals surface area contributed by atoms with Gasteiger partial charge in [0.05, 0.1) is 23.6 Å². The van der Waals surface area contributed by atoms with Crippen LogP contribution in [0.2, 0.25) is 0 Å². The first kappa shape index (κ1) is 27.1. The van der Waals surface area contributed by atoms with Crippen LogP contribution in [0.15, 0.2) is 30.3 Å². The van der Waals surface area contributed by atoms with Crippen molar-refractivity contribution in [3.63, 3.8) is 0 Å². The highest BCUT2D eigenvalue weighted by molar-refractivity contribution is 7.90. The van der Waals surface area contributed by atoms with Crippen molar-refractivity contribution in [2.24, 2.45) is 0 Å². The van der Waals surface area contributed by atoms with Gasteiger partial charge in [-0.05, 0) is 51.0 Å². The van der Waals surface area contributed by atoms with E-state index < -0.39 is 20.9 Å². The largest absolute Gasteiger partial charge is 0.347 e. The molecule has 9 heteroatoms. The summed E-state index contributed by atoms with van der Waals surface area (Å²) in [6.45, 7) is 9.11. The number of sulfone groups is 1. The minimum Gasteiger partial charge on any atom is -0.347 e. The summed E-state index contributed by atoms with van der Waals surface area (Å²) in [5.41, 5.74) is 2.54. The van der Waals surface area contributed by atoms with E-state index in [0.717, 1.165) is 12.5 Å². The van der Waals surface area contributed by atoms with Gasteiger partial charge in [-0.3, -0.25) is 0 Å². The van der Waals surface area contributed by atoms with Gasteiger partial charge < -0.3 is 14.3 Å². The molecular weight excluding hydrogens is 471 g/mol. The zero-order chi connectivity index (χ0) is 26.0. The fraction of sp³-hybridized carbons (Fsp3) is 0.500. The van der Waals surface area contributed by atoms with E-state index in [1.165, 1.54) is 12.1 Å². The third-order valence-electron chi connectivity index (χ3n) is 5.88. The summed E-state index contributed by atoms with van der Waals surface area (Å²) in [4.78, 5) is 20.3. The molecule has 0 aliphatic carbocycles. The Morgan fingerprint density at radius 2 is 1.80 bits per heavy atom. The zero-order valence-electron chi connectivity index (χ0n) is 21.0. The molecule has 0 N–H and O–H groups in total. The van der Waals surface area contributed by atoms with Gasteiger partial charge >= 0.3 is 0 Å². The third kappa shape index (κ3) is 6.80. The van der Waals surface area contributed by atoms with Gasteiger partial charge in [0.25, 0.3) is 0 Å². The summed E-state index contributed by atoms with van der Waals surface area (Å²) in [6, 6.07) is 5.91. The Hall–Kier alpha value is -2.49. The van der Waals surface area contributed by atoms with Gasteiger partial charge in [0.1, 0.15) is 23.2 Å². The first-order chi connectivity index (χ1) is 16.3. The molecule has 1 fully saturated rings. The number of benzene rings is 1. The topological polar surface area (TPSA) is 95.5 Å². The summed E-state index contributed by atoms with van der Waals surface area (Å²) in [6.07, 6.45) is 5.95. The van der Waals surface area contributed by atoms with Crippen LogP contribution in [0.25, 0.3) is 17.3 Å². The molecule has 0 amide bonds. The van der Waals surface area contributed by atoms with Gasteiger partial charge in [0.2, 0.25) is 0 Å². The lowest BCUT2D eigenvalue weighted by Crippen LogP contribution is -2.44. The fourth-order valence-electron chi connectivity index (χ4n) is 4.03. The number of carbonyl (C=O) groups is 1. The number of carbonyl (C=O) groups excluding carboxylic acids is 1. The lowest BCUT2D eigenvalue weighted by atomic mass is 9.96. The molecule has 7 nitrogen and oxygen atoms in total. The molecule has 35 heavy (non-hydrogen) atoms. The van der Waals surface area contributed by atoms with E-state index in [1.807, 2.05) is 26.0 Å². The van der Waals surface area contributed by atoms with Crippen molar-refractivity contribution in [1.29, 1.82) is 0 Å². The predicted molar refractivity (Wildman–Crippen MR) is 133 cm³/mol. The normalized spacial score (nSPS) is 21.4. The van der Waals surface area contributed by atoms with Gasteiger partial charge in [-0.15, -0.1) is 0 Å². The van der Waals surface area contributed by atoms with Crippen molar-refractivity contribution in [3.05, 3.63) is 53.2 Å². The standard InChI is InChI=1S/C26H33FN2O5S/c1-16(2)23-22(12-11-20-15-21(13-14-30)34-26(4,5)33-20)24(18-7-9-19(27)10-8-18)29-25(28-23)17(3)35(6,31)32/h7-12,14,16-17,20-21H,13,15H2,1-6H3/b12-11+. The van der Waals surface area contributed by atoms with Crippen LogP contribution in [0.1, 0.15) is 75.7 Å². The molecule has 0 bridgehead atoms. The van der Waals surface area contributed by atoms with Crippen molar-refractivity contribution in [3.8, 4) is 11.3 Å². The second-order valence-corrected chi connectivity index (χ2v) is 12.0. The average Bonchev–Trinajstić information content (AvgIpc) is 2.75. The van der Waals surface area contributed by atoms with E-state index in [-0.39, 0.29) is 36.2 Å². The summed E-state index contributed by atoms with van der Waals surface area (Å²) in [7, 11) is -3.44. The highest BCUT2D eigenvalue weighted by Crippen LogP contribution is 2.33. The number of halogens is 1. The maximum atomic E-state index is 13.7. The quantitative estimate of drug-likeness (QED) is 0.466. The van der Waals surface area contributed by atoms with Crippen LogP contribution >= 0.6 is 0 Å². The second-order valence-electron chi connectivity index (χ2n) is 9.66. The van der Waals surface area contributed by atoms with Crippen molar-refractivity contribution in [2.45, 2.75) is 76.6 Å². The molecule has 2 aromatic rings. The number of aromatic nitrogens is 2. The van der Waals surface area contributed by atoms with Crippen LogP contribution in [0.5, 0.6) is 0 Å². The zero-order valence-corrected chi connectivity index (χ0v) is 21.8. The molecular formula is C26H33FN2O5S. The van der Waals surface area contributed by atoms with Crippen LogP contribution in [-0.2, 0) is 24.1 Å². The molecule has 0 spiro atoms. The van der Waals surface area contributed by atoms with E-state index in [4.69, 9.17) is 9.47 Å². The summed E-state index contributed by atoms with van der Waals surface area (Å²) in [5.74, 6) is -1.08. The summed E-state index contributed by atoms with van der Waals surface area (Å²) < 4.78 is 50.1. The smallest absolute Gasteiger partial charge is 0.163 e. The third-order valence-corrected chi connectivity index (χ3v) is 7.38. The number of rotatable bonds is 8. The Bertz CT molecular complexity index is 1190. The lowest BCUT2D eigenvalue weighted by Gasteiger charge is -2.39. The highest BCUT2D eigenvalue weighted by atomic mass is 32.2. The van der Waals surface area contributed by atoms with Gasteiger partial charge in [0.15, 0.2) is 15.6 Å². The van der Waals surface area contributed by atoms with Crippen LogP contribution in [0.3, 0.4) is 0 Å². The Kier molecular flexibility index (Phi) is 8.24. The molecule has 0 saturated carbocycles. The molecule has 1 aliphatic rings. The molecule has 1 aliphatic heterocycles. The van der Waals surface area contributed by atoms with Gasteiger partial charge in [0, 0.05) is 30.2 Å². The van der Waals surface area contributed by atoms with E-state index in [0.29, 0.717) is 28.9 Å². The highest BCUT2D eigenvalue weighted by Gasteiger charge is 2.34. The Balaban J connectivity index is 2.14. The molecule has 1 aromatic heterocycles. The Morgan fingerprint density at radius 1 is 1.14 bits per heavy atom. The molecule has 3 atom stereocenters. The van der Waals surface area contributed by atoms with E-state index in [1.54, 1.807) is 32.9 Å². The number of aldehydes is 1. The summed E-state index contributed by atoms with van der Waals surface area (Å²) >= 11 is 0. The van der Waals surface area contributed by atoms with Gasteiger partial charge in [-0.2, -0.15) is 0 Å². The maximum Gasteiger partial charge on any atom is 0.163 e. The monoisotopic (exact) mass is 504 g/mol. The maximum absolute atomic E-state index is 13.7. The van der Waals surface area contributed by atoms with E-state index >= 15 is 0 Å². The molecule has 0 radical (unpaired) electrons. The predicted octanol–water partition coefficient (Wildman–Crippen LogP) is 5.02. The van der Waals surface area contributed by atoms with E-state index in [2.05, 4.69) is 9.97 Å². The van der Waals surface area contributed by atoms with Crippen LogP contribution in [-0.4, -0.2) is 48.9 Å². The van der Waals surface area contributed by atoms with Crippen molar-refractivity contribution < 1.29 is 27.1 Å². The molecule has 3 unspecified atom stereocenters. The van der Waals surface area contributed by atoms with Crippen LogP contribution < -0.4 is 0 Å². The molecule has 1 aromatic carbocycles. The van der Waals surface area contributed by atoms with Crippen molar-refractivity contribution in [2.75, 3.05) is 6.26 Å². The number of nitrogens with zero attached hydrogens (tertiary/aromatic N) is 2. The van der Waals surface area contributed by atoms with Crippen LogP contribution in [0.4, 0.5) is 4.39 Å². The first-order valence-corrected chi connectivity index (χ1v) is 13.6. The van der Waals surface area contributed by atoms with Crippen molar-refractivity contribution in [1.82, 2.24) is 9.97 Å². The number of hydrogen-bond acceptors (Lipinski definition) is 7. The summed E-state index contributed by atoms with van der Waals surface area (Å²) in [5, 5.41) is -0.902. The van der Waals surface area contributed by atoms with Gasteiger partial charge in [-0.25, -0.2) is 22.8 Å². The van der Waals surface area contributed by atoms with Gasteiger partial charge in [-0.1, -0.05) is 26.0 Å². The molecule has 2 heterocycles. The Labute approximate surface area is 206 Å². The first-order valence-electron chi connectivity index (χ1n) is 11.6. The number of hydrogen-bond donors (Lipinski definition) is 0. The Morgan fingerprint density at radius 3 is 2.37 bits per heavy atom. The van der Waals surface area contributed by atoms with Crippen LogP contribution in [0, 0.1) is 5.82 Å². The minimum atomic E-state index is -3.44. The minimum absolute atomic E-state index is 0.0442. The fourth-order valence-corrected chi connectivity index (χ4v) is 4.52. The second kappa shape index (κ2) is 10.6. The average molecular weight is 505 g/mol. The molecule has 190 valence electrons. The SMILES string of the molecule is CC(C)c1nc(C(C)S(C)(=O)=O)nc(-c2ccc(F)cc2)c1/C=C/C1CC(CC=O)OC(C)(C)O1. The van der Waals surface area contributed by atoms with E-state index in [9.17, 15) is 17.6 Å². The molecule has 1 saturated heterocycles. The molecule has 3 rings (SSSR count). The lowest BCUT2D eigenvalue weighted by molar-refractivity contribution is -0.289. The number of ether oxygens (including phenoxy) is 2. The van der Waals surface area contributed by atoms with Crippen molar-refractivity contribution >= 4 is 22.2 Å².